The summed E-state index contributed by atoms with van der Waals surface area (Å²) in [4.78, 5) is 22.9. The first-order chi connectivity index (χ1) is 8.08. The minimum Gasteiger partial charge on any atom is -0.477 e. The molecule has 0 saturated heterocycles. The summed E-state index contributed by atoms with van der Waals surface area (Å²) in [5.74, 6) is 3.99. The van der Waals surface area contributed by atoms with Gasteiger partial charge >= 0.3 is 5.97 Å². The Hall–Kier alpha value is -1.76. The van der Waals surface area contributed by atoms with Crippen molar-refractivity contribution in [2.45, 2.75) is 24.9 Å². The number of aromatic carboxylic acids is 1. The lowest BCUT2D eigenvalue weighted by Gasteiger charge is -2.09. The van der Waals surface area contributed by atoms with Gasteiger partial charge in [0.1, 0.15) is 10.6 Å². The lowest BCUT2D eigenvalue weighted by atomic mass is 10.1. The predicted molar refractivity (Wildman–Crippen MR) is 64.5 cm³/mol. The molecule has 90 valence electrons. The van der Waals surface area contributed by atoms with Gasteiger partial charge < -0.3 is 15.5 Å². The number of hydrogen-bond donors (Lipinski definition) is 2. The Balaban J connectivity index is 2.69. The smallest absolute Gasteiger partial charge is 0.341 e. The first-order valence-electron chi connectivity index (χ1n) is 5.02. The lowest BCUT2D eigenvalue weighted by Crippen LogP contribution is -2.22. The van der Waals surface area contributed by atoms with Crippen LogP contribution in [0.4, 0.5) is 0 Å². The number of carbonyl (C=O) groups is 1. The van der Waals surface area contributed by atoms with Crippen LogP contribution in [0.1, 0.15) is 22.8 Å². The quantitative estimate of drug-likeness (QED) is 0.590. The van der Waals surface area contributed by atoms with Gasteiger partial charge in [0.05, 0.1) is 5.03 Å². The van der Waals surface area contributed by atoms with E-state index in [0.717, 1.165) is 5.03 Å². The summed E-state index contributed by atoms with van der Waals surface area (Å²) in [6, 6.07) is 0. The molecule has 1 aliphatic rings. The molecule has 0 saturated carbocycles. The Morgan fingerprint density at radius 2 is 2.41 bits per heavy atom. The second kappa shape index (κ2) is 4.25. The molecule has 1 aromatic rings. The van der Waals surface area contributed by atoms with E-state index in [0.29, 0.717) is 23.6 Å². The molecule has 0 aliphatic carbocycles. The zero-order chi connectivity index (χ0) is 12.6. The second-order valence-electron chi connectivity index (χ2n) is 3.55. The zero-order valence-electron chi connectivity index (χ0n) is 9.14. The van der Waals surface area contributed by atoms with Crippen molar-refractivity contribution in [1.82, 2.24) is 4.57 Å². The molecular formula is C10H11N3O3S. The van der Waals surface area contributed by atoms with Crippen LogP contribution in [-0.2, 0) is 13.0 Å². The van der Waals surface area contributed by atoms with E-state index in [1.54, 1.807) is 4.57 Å². The number of carboxylic acids is 1. The van der Waals surface area contributed by atoms with Crippen molar-refractivity contribution in [1.29, 1.82) is 0 Å². The van der Waals surface area contributed by atoms with Crippen molar-refractivity contribution in [3.63, 3.8) is 0 Å². The van der Waals surface area contributed by atoms with Gasteiger partial charge in [-0.05, 0) is 6.92 Å². The van der Waals surface area contributed by atoms with Gasteiger partial charge in [-0.25, -0.2) is 4.79 Å². The number of thioether (sulfide) groups is 1. The number of rotatable bonds is 2. The molecule has 0 radical (unpaired) electrons. The summed E-state index contributed by atoms with van der Waals surface area (Å²) in [6.45, 7) is 2.47. The van der Waals surface area contributed by atoms with Gasteiger partial charge in [-0.15, -0.1) is 0 Å². The Kier molecular flexibility index (Phi) is 2.93. The van der Waals surface area contributed by atoms with E-state index in [9.17, 15) is 9.59 Å². The molecular weight excluding hydrogens is 242 g/mol. The van der Waals surface area contributed by atoms with Gasteiger partial charge in [-0.2, -0.15) is 5.10 Å². The highest BCUT2D eigenvalue weighted by atomic mass is 32.2. The standard InChI is InChI=1S/C10H11N3O3S/c1-2-13-4-6(10(15)16)8(14)5-3-7(12-11)17-9(5)13/h4H,2-3,11H2,1H3,(H,15,16). The summed E-state index contributed by atoms with van der Waals surface area (Å²) >= 11 is 1.32. The fraction of sp³-hybridized carbons (Fsp3) is 0.300. The number of fused-ring (bicyclic) bond motifs is 1. The van der Waals surface area contributed by atoms with Crippen LogP contribution in [0.5, 0.6) is 0 Å². The fourth-order valence-corrected chi connectivity index (χ4v) is 2.82. The molecule has 0 amide bonds. The Morgan fingerprint density at radius 3 is 2.94 bits per heavy atom. The average molecular weight is 253 g/mol. The summed E-state index contributed by atoms with van der Waals surface area (Å²) in [5.41, 5.74) is -0.172. The van der Waals surface area contributed by atoms with Crippen LogP contribution in [0.15, 0.2) is 21.1 Å². The highest BCUT2D eigenvalue weighted by Crippen LogP contribution is 2.31. The molecule has 7 heteroatoms. The van der Waals surface area contributed by atoms with Crippen LogP contribution >= 0.6 is 11.8 Å². The second-order valence-corrected chi connectivity index (χ2v) is 4.61. The first-order valence-corrected chi connectivity index (χ1v) is 5.84. The molecule has 17 heavy (non-hydrogen) atoms. The molecule has 1 aromatic heterocycles. The van der Waals surface area contributed by atoms with Crippen LogP contribution in [-0.4, -0.2) is 20.7 Å². The van der Waals surface area contributed by atoms with Crippen LogP contribution < -0.4 is 11.3 Å². The van der Waals surface area contributed by atoms with Crippen molar-refractivity contribution in [3.8, 4) is 0 Å². The molecule has 3 N–H and O–H groups in total. The summed E-state index contributed by atoms with van der Waals surface area (Å²) in [7, 11) is 0. The van der Waals surface area contributed by atoms with Crippen molar-refractivity contribution < 1.29 is 9.90 Å². The molecule has 0 atom stereocenters. The predicted octanol–water partition coefficient (Wildman–Crippen LogP) is 0.487. The van der Waals surface area contributed by atoms with Crippen molar-refractivity contribution in [2.75, 3.05) is 0 Å². The summed E-state index contributed by atoms with van der Waals surface area (Å²) in [6.07, 6.45) is 1.69. The average Bonchev–Trinajstić information content (AvgIpc) is 2.74. The van der Waals surface area contributed by atoms with E-state index < -0.39 is 11.4 Å². The van der Waals surface area contributed by atoms with E-state index in [-0.39, 0.29) is 5.56 Å². The number of carboxylic acid groups (broad SMARTS) is 1. The van der Waals surface area contributed by atoms with Gasteiger partial charge in [-0.1, -0.05) is 11.8 Å². The van der Waals surface area contributed by atoms with E-state index in [2.05, 4.69) is 5.10 Å². The molecule has 2 rings (SSSR count). The first kappa shape index (κ1) is 11.7. The lowest BCUT2D eigenvalue weighted by molar-refractivity contribution is 0.0694. The van der Waals surface area contributed by atoms with Gasteiger partial charge in [0.2, 0.25) is 5.43 Å². The van der Waals surface area contributed by atoms with E-state index in [1.165, 1.54) is 18.0 Å². The van der Waals surface area contributed by atoms with E-state index >= 15 is 0 Å². The maximum atomic E-state index is 11.9. The number of nitrogens with zero attached hydrogens (tertiary/aromatic N) is 2. The minimum atomic E-state index is -1.21. The Morgan fingerprint density at radius 1 is 1.71 bits per heavy atom. The third-order valence-corrected chi connectivity index (χ3v) is 3.74. The zero-order valence-corrected chi connectivity index (χ0v) is 9.95. The monoisotopic (exact) mass is 253 g/mol. The van der Waals surface area contributed by atoms with Crippen molar-refractivity contribution >= 4 is 22.8 Å². The molecule has 0 aromatic carbocycles. The Labute approximate surface area is 101 Å². The summed E-state index contributed by atoms with van der Waals surface area (Å²) < 4.78 is 1.74. The topological polar surface area (TPSA) is 97.7 Å². The number of hydrazone groups is 1. The SMILES string of the molecule is CCn1cc(C(=O)O)c(=O)c2c1SC(=NN)C2. The van der Waals surface area contributed by atoms with Gasteiger partial charge in [0.15, 0.2) is 0 Å². The molecule has 0 fully saturated rings. The van der Waals surface area contributed by atoms with Gasteiger partial charge in [-0.3, -0.25) is 4.79 Å². The Bertz CT molecular complexity index is 577. The molecule has 2 heterocycles. The van der Waals surface area contributed by atoms with Gasteiger partial charge in [0, 0.05) is 24.7 Å². The highest BCUT2D eigenvalue weighted by molar-refractivity contribution is 8.14. The number of pyridine rings is 1. The third-order valence-electron chi connectivity index (χ3n) is 2.58. The molecule has 0 bridgehead atoms. The molecule has 0 unspecified atom stereocenters. The summed E-state index contributed by atoms with van der Waals surface area (Å²) in [5, 5.41) is 13.9. The molecule has 1 aliphatic heterocycles. The van der Waals surface area contributed by atoms with Crippen molar-refractivity contribution in [3.05, 3.63) is 27.5 Å². The fourth-order valence-electron chi connectivity index (χ4n) is 1.74. The van der Waals surface area contributed by atoms with E-state index in [4.69, 9.17) is 10.9 Å². The van der Waals surface area contributed by atoms with Crippen LogP contribution in [0.3, 0.4) is 0 Å². The van der Waals surface area contributed by atoms with Gasteiger partial charge in [0.25, 0.3) is 0 Å². The third kappa shape index (κ3) is 1.82. The molecule has 6 nitrogen and oxygen atoms in total. The number of hydrogen-bond acceptors (Lipinski definition) is 5. The highest BCUT2D eigenvalue weighted by Gasteiger charge is 2.26. The number of nitrogens with two attached hydrogens (primary N) is 1. The van der Waals surface area contributed by atoms with Crippen LogP contribution in [0, 0.1) is 0 Å². The van der Waals surface area contributed by atoms with Crippen LogP contribution in [0.25, 0.3) is 0 Å². The maximum Gasteiger partial charge on any atom is 0.341 e. The molecule has 0 spiro atoms. The minimum absolute atomic E-state index is 0.204. The largest absolute Gasteiger partial charge is 0.477 e. The number of aryl methyl sites for hydroxylation is 1. The number of aromatic nitrogens is 1. The normalized spacial score (nSPS) is 16.2. The van der Waals surface area contributed by atoms with E-state index in [1.807, 2.05) is 6.92 Å². The maximum absolute atomic E-state index is 11.9. The van der Waals surface area contributed by atoms with Crippen molar-refractivity contribution in [2.24, 2.45) is 10.9 Å². The van der Waals surface area contributed by atoms with Crippen LogP contribution in [0.2, 0.25) is 0 Å².